The summed E-state index contributed by atoms with van der Waals surface area (Å²) in [6.07, 6.45) is 0. The van der Waals surface area contributed by atoms with Gasteiger partial charge in [-0.25, -0.2) is 8.42 Å². The van der Waals surface area contributed by atoms with Gasteiger partial charge in [0.2, 0.25) is 10.0 Å². The molecule has 0 atom stereocenters. The zero-order chi connectivity index (χ0) is 17.0. The number of rotatable bonds is 5. The van der Waals surface area contributed by atoms with Crippen LogP contribution in [0.5, 0.6) is 5.75 Å². The Kier molecular flexibility index (Phi) is 5.27. The molecular weight excluding hydrogens is 384 g/mol. The number of benzene rings is 2. The SMILES string of the molecule is CCS(=O)(=O)Nc1ccc(NC(=O)c2cc(Br)ccc2O)cc1. The summed E-state index contributed by atoms with van der Waals surface area (Å²) in [5.41, 5.74) is 1.03. The van der Waals surface area contributed by atoms with Crippen molar-refractivity contribution in [3.8, 4) is 5.75 Å². The molecule has 23 heavy (non-hydrogen) atoms. The van der Waals surface area contributed by atoms with E-state index in [2.05, 4.69) is 26.0 Å². The molecule has 0 spiro atoms. The topological polar surface area (TPSA) is 95.5 Å². The van der Waals surface area contributed by atoms with Gasteiger partial charge < -0.3 is 10.4 Å². The van der Waals surface area contributed by atoms with Crippen LogP contribution in [0.4, 0.5) is 11.4 Å². The second kappa shape index (κ2) is 7.01. The van der Waals surface area contributed by atoms with Gasteiger partial charge in [0, 0.05) is 15.8 Å². The quantitative estimate of drug-likeness (QED) is 0.720. The van der Waals surface area contributed by atoms with Crippen molar-refractivity contribution in [2.24, 2.45) is 0 Å². The standard InChI is InChI=1S/C15H15BrN2O4S/c1-2-23(21,22)18-12-6-4-11(5-7-12)17-15(20)13-9-10(16)3-8-14(13)19/h3-9,18-19H,2H2,1H3,(H,17,20). The van der Waals surface area contributed by atoms with Crippen molar-refractivity contribution in [1.29, 1.82) is 0 Å². The second-order valence-electron chi connectivity index (χ2n) is 4.70. The monoisotopic (exact) mass is 398 g/mol. The Hall–Kier alpha value is -2.06. The van der Waals surface area contributed by atoms with Gasteiger partial charge >= 0.3 is 0 Å². The number of halogens is 1. The number of phenols is 1. The molecule has 6 nitrogen and oxygen atoms in total. The molecule has 0 aliphatic carbocycles. The van der Waals surface area contributed by atoms with E-state index in [-0.39, 0.29) is 17.1 Å². The Bertz CT molecular complexity index is 820. The van der Waals surface area contributed by atoms with Crippen molar-refractivity contribution in [1.82, 2.24) is 0 Å². The molecule has 0 radical (unpaired) electrons. The van der Waals surface area contributed by atoms with Crippen LogP contribution in [0.25, 0.3) is 0 Å². The first-order valence-electron chi connectivity index (χ1n) is 6.71. The lowest BCUT2D eigenvalue weighted by Crippen LogP contribution is -2.15. The largest absolute Gasteiger partial charge is 0.507 e. The van der Waals surface area contributed by atoms with E-state index in [9.17, 15) is 18.3 Å². The van der Waals surface area contributed by atoms with E-state index in [4.69, 9.17) is 0 Å². The van der Waals surface area contributed by atoms with Crippen molar-refractivity contribution in [3.63, 3.8) is 0 Å². The highest BCUT2D eigenvalue weighted by Crippen LogP contribution is 2.23. The molecule has 0 fully saturated rings. The third-order valence-electron chi connectivity index (χ3n) is 3.00. The lowest BCUT2D eigenvalue weighted by molar-refractivity contribution is 0.102. The van der Waals surface area contributed by atoms with Crippen molar-refractivity contribution in [2.75, 3.05) is 15.8 Å². The molecule has 3 N–H and O–H groups in total. The van der Waals surface area contributed by atoms with Crippen molar-refractivity contribution in [2.45, 2.75) is 6.92 Å². The van der Waals surface area contributed by atoms with Gasteiger partial charge in [-0.1, -0.05) is 15.9 Å². The maximum Gasteiger partial charge on any atom is 0.259 e. The van der Waals surface area contributed by atoms with Gasteiger partial charge in [-0.2, -0.15) is 0 Å². The lowest BCUT2D eigenvalue weighted by Gasteiger charge is -2.09. The van der Waals surface area contributed by atoms with E-state index in [1.54, 1.807) is 37.3 Å². The highest BCUT2D eigenvalue weighted by atomic mass is 79.9. The summed E-state index contributed by atoms with van der Waals surface area (Å²) in [5, 5.41) is 12.4. The number of aromatic hydroxyl groups is 1. The fourth-order valence-electron chi connectivity index (χ4n) is 1.76. The Morgan fingerprint density at radius 2 is 1.74 bits per heavy atom. The van der Waals surface area contributed by atoms with E-state index in [1.165, 1.54) is 12.1 Å². The molecule has 0 unspecified atom stereocenters. The van der Waals surface area contributed by atoms with Gasteiger partial charge in [0.1, 0.15) is 5.75 Å². The zero-order valence-corrected chi connectivity index (χ0v) is 14.6. The van der Waals surface area contributed by atoms with Crippen LogP contribution in [0, 0.1) is 0 Å². The van der Waals surface area contributed by atoms with Crippen LogP contribution in [-0.4, -0.2) is 25.2 Å². The highest BCUT2D eigenvalue weighted by Gasteiger charge is 2.12. The first-order chi connectivity index (χ1) is 10.8. The molecule has 2 aromatic rings. The van der Waals surface area contributed by atoms with Crippen molar-refractivity contribution >= 4 is 43.2 Å². The molecule has 0 saturated heterocycles. The Morgan fingerprint density at radius 3 is 2.35 bits per heavy atom. The number of nitrogens with one attached hydrogen (secondary N) is 2. The van der Waals surface area contributed by atoms with E-state index < -0.39 is 15.9 Å². The molecule has 0 bridgehead atoms. The third kappa shape index (κ3) is 4.70. The zero-order valence-electron chi connectivity index (χ0n) is 12.2. The van der Waals surface area contributed by atoms with Gasteiger partial charge in [0.25, 0.3) is 5.91 Å². The fourth-order valence-corrected chi connectivity index (χ4v) is 2.76. The van der Waals surface area contributed by atoms with Gasteiger partial charge in [-0.3, -0.25) is 9.52 Å². The average Bonchev–Trinajstić information content (AvgIpc) is 2.51. The van der Waals surface area contributed by atoms with Gasteiger partial charge in [-0.05, 0) is 49.4 Å². The number of sulfonamides is 1. The fraction of sp³-hybridized carbons (Fsp3) is 0.133. The van der Waals surface area contributed by atoms with Crippen LogP contribution >= 0.6 is 15.9 Å². The lowest BCUT2D eigenvalue weighted by atomic mass is 10.2. The summed E-state index contributed by atoms with van der Waals surface area (Å²) < 4.78 is 26.0. The molecule has 0 heterocycles. The number of carbonyl (C=O) groups is 1. The summed E-state index contributed by atoms with van der Waals surface area (Å²) in [5.74, 6) is -0.614. The number of anilines is 2. The van der Waals surface area contributed by atoms with E-state index in [0.29, 0.717) is 15.8 Å². The predicted octanol–water partition coefficient (Wildman–Crippen LogP) is 3.17. The molecular formula is C15H15BrN2O4S. The number of hydrogen-bond donors (Lipinski definition) is 3. The summed E-state index contributed by atoms with van der Waals surface area (Å²) in [4.78, 5) is 12.1. The number of amides is 1. The molecule has 0 saturated carbocycles. The van der Waals surface area contributed by atoms with Gasteiger partial charge in [-0.15, -0.1) is 0 Å². The number of carbonyl (C=O) groups excluding carboxylic acids is 1. The smallest absolute Gasteiger partial charge is 0.259 e. The third-order valence-corrected chi connectivity index (χ3v) is 4.80. The van der Waals surface area contributed by atoms with Crippen molar-refractivity contribution < 1.29 is 18.3 Å². The summed E-state index contributed by atoms with van der Waals surface area (Å²) in [7, 11) is -3.34. The van der Waals surface area contributed by atoms with Crippen LogP contribution in [0.1, 0.15) is 17.3 Å². The highest BCUT2D eigenvalue weighted by molar-refractivity contribution is 9.10. The van der Waals surface area contributed by atoms with Crippen LogP contribution in [0.3, 0.4) is 0 Å². The number of phenolic OH excluding ortho intramolecular Hbond substituents is 1. The van der Waals surface area contributed by atoms with E-state index in [0.717, 1.165) is 0 Å². The van der Waals surface area contributed by atoms with Gasteiger partial charge in [0.15, 0.2) is 0 Å². The molecule has 122 valence electrons. The minimum absolute atomic E-state index is 0.0202. The van der Waals surface area contributed by atoms with Gasteiger partial charge in [0.05, 0.1) is 11.3 Å². The first kappa shape index (κ1) is 17.3. The Labute approximate surface area is 142 Å². The van der Waals surface area contributed by atoms with Crippen LogP contribution in [0.15, 0.2) is 46.9 Å². The normalized spacial score (nSPS) is 11.0. The molecule has 0 aromatic heterocycles. The van der Waals surface area contributed by atoms with E-state index in [1.807, 2.05) is 0 Å². The molecule has 2 rings (SSSR count). The van der Waals surface area contributed by atoms with Crippen molar-refractivity contribution in [3.05, 3.63) is 52.5 Å². The average molecular weight is 399 g/mol. The molecule has 1 amide bonds. The Morgan fingerprint density at radius 1 is 1.13 bits per heavy atom. The summed E-state index contributed by atoms with van der Waals surface area (Å²) in [6, 6.07) is 10.8. The van der Waals surface area contributed by atoms with Crippen LogP contribution in [0.2, 0.25) is 0 Å². The minimum atomic E-state index is -3.34. The Balaban J connectivity index is 2.12. The second-order valence-corrected chi connectivity index (χ2v) is 7.63. The first-order valence-corrected chi connectivity index (χ1v) is 9.15. The summed E-state index contributed by atoms with van der Waals surface area (Å²) in [6.45, 7) is 1.54. The molecule has 0 aliphatic rings. The van der Waals surface area contributed by atoms with E-state index >= 15 is 0 Å². The van der Waals surface area contributed by atoms with Crippen LogP contribution in [-0.2, 0) is 10.0 Å². The maximum absolute atomic E-state index is 12.1. The molecule has 8 heteroatoms. The number of hydrogen-bond acceptors (Lipinski definition) is 4. The summed E-state index contributed by atoms with van der Waals surface area (Å²) >= 11 is 3.24. The molecule has 2 aromatic carbocycles. The maximum atomic E-state index is 12.1. The minimum Gasteiger partial charge on any atom is -0.507 e. The van der Waals surface area contributed by atoms with Crippen LogP contribution < -0.4 is 10.0 Å². The predicted molar refractivity (Wildman–Crippen MR) is 93.3 cm³/mol. The molecule has 0 aliphatic heterocycles.